The summed E-state index contributed by atoms with van der Waals surface area (Å²) in [6.07, 6.45) is 20.9. The van der Waals surface area contributed by atoms with Gasteiger partial charge < -0.3 is 5.32 Å². The maximum atomic E-state index is 3.63. The van der Waals surface area contributed by atoms with E-state index in [1.54, 1.807) is 0 Å². The Labute approximate surface area is 128 Å². The Kier molecular flexibility index (Phi) is 16.5. The van der Waals surface area contributed by atoms with Gasteiger partial charge in [-0.15, -0.1) is 0 Å². The lowest BCUT2D eigenvalue weighted by Gasteiger charge is -2.13. The van der Waals surface area contributed by atoms with Crippen LogP contribution in [0, 0.1) is 0 Å². The van der Waals surface area contributed by atoms with Gasteiger partial charge in [-0.25, -0.2) is 0 Å². The van der Waals surface area contributed by atoms with Gasteiger partial charge in [0.1, 0.15) is 0 Å². The zero-order chi connectivity index (χ0) is 14.9. The topological polar surface area (TPSA) is 12.0 Å². The molecule has 1 N–H and O–H groups in total. The molecule has 0 amide bonds. The van der Waals surface area contributed by atoms with Crippen LogP contribution in [0.5, 0.6) is 0 Å². The molecule has 0 aliphatic heterocycles. The highest BCUT2D eigenvalue weighted by Crippen LogP contribution is 2.07. The summed E-state index contributed by atoms with van der Waals surface area (Å²) >= 11 is 0. The normalized spacial score (nSPS) is 13.2. The molecule has 1 unspecified atom stereocenters. The van der Waals surface area contributed by atoms with E-state index >= 15 is 0 Å². The van der Waals surface area contributed by atoms with Crippen molar-refractivity contribution in [2.24, 2.45) is 0 Å². The van der Waals surface area contributed by atoms with Crippen molar-refractivity contribution in [3.63, 3.8) is 0 Å². The first kappa shape index (κ1) is 19.7. The van der Waals surface area contributed by atoms with Gasteiger partial charge in [-0.2, -0.15) is 0 Å². The molecule has 0 radical (unpaired) electrons. The van der Waals surface area contributed by atoms with Crippen molar-refractivity contribution in [3.05, 3.63) is 12.2 Å². The third-order valence-corrected chi connectivity index (χ3v) is 3.92. The predicted molar refractivity (Wildman–Crippen MR) is 93.4 cm³/mol. The van der Waals surface area contributed by atoms with Gasteiger partial charge in [0.25, 0.3) is 0 Å². The van der Waals surface area contributed by atoms with E-state index in [0.717, 1.165) is 0 Å². The van der Waals surface area contributed by atoms with E-state index in [1.165, 1.54) is 83.6 Å². The number of allylic oxidation sites excluding steroid dienone is 2. The predicted octanol–water partition coefficient (Wildman–Crippen LogP) is 6.24. The second-order valence-electron chi connectivity index (χ2n) is 6.17. The van der Waals surface area contributed by atoms with Gasteiger partial charge in [0.05, 0.1) is 0 Å². The highest BCUT2D eigenvalue weighted by atomic mass is 14.9. The molecule has 20 heavy (non-hydrogen) atoms. The molecule has 1 atom stereocenters. The van der Waals surface area contributed by atoms with Gasteiger partial charge in [-0.3, -0.25) is 0 Å². The van der Waals surface area contributed by atoms with Crippen molar-refractivity contribution in [1.29, 1.82) is 0 Å². The maximum Gasteiger partial charge on any atom is 0.00387 e. The average Bonchev–Trinajstić information content (AvgIpc) is 2.45. The van der Waals surface area contributed by atoms with Crippen molar-refractivity contribution in [2.45, 2.75) is 104 Å². The molecule has 0 bridgehead atoms. The molecule has 0 spiro atoms. The summed E-state index contributed by atoms with van der Waals surface area (Å²) in [7, 11) is 0. The minimum absolute atomic E-state index is 0.699. The molecule has 0 aromatic heterocycles. The third kappa shape index (κ3) is 15.8. The molecule has 0 aromatic rings. The lowest BCUT2D eigenvalue weighted by atomic mass is 10.1. The molecule has 0 aliphatic rings. The fourth-order valence-electron chi connectivity index (χ4n) is 2.46. The van der Waals surface area contributed by atoms with Crippen molar-refractivity contribution < 1.29 is 0 Å². The van der Waals surface area contributed by atoms with Crippen LogP contribution in [0.2, 0.25) is 0 Å². The first-order valence-electron chi connectivity index (χ1n) is 9.19. The monoisotopic (exact) mass is 281 g/mol. The second kappa shape index (κ2) is 16.8. The molecule has 0 aliphatic carbocycles. The van der Waals surface area contributed by atoms with Crippen LogP contribution in [-0.2, 0) is 0 Å². The number of unbranched alkanes of at least 4 members (excludes halogenated alkanes) is 8. The summed E-state index contributed by atoms with van der Waals surface area (Å²) < 4.78 is 0. The molecular weight excluding hydrogens is 242 g/mol. The molecular formula is C19H39N. The standard InChI is InChI=1S/C19H39N/c1-4-6-8-9-10-11-12-13-14-15-17-19(3)20-18-16-7-5-2/h11-12,19-20H,4-10,13-18H2,1-3H3. The van der Waals surface area contributed by atoms with Gasteiger partial charge in [-0.05, 0) is 52.0 Å². The van der Waals surface area contributed by atoms with Gasteiger partial charge in [0, 0.05) is 6.04 Å². The molecule has 0 rings (SSSR count). The van der Waals surface area contributed by atoms with E-state index in [2.05, 4.69) is 38.2 Å². The van der Waals surface area contributed by atoms with Gasteiger partial charge in [0.2, 0.25) is 0 Å². The van der Waals surface area contributed by atoms with Crippen LogP contribution in [0.1, 0.15) is 97.8 Å². The van der Waals surface area contributed by atoms with E-state index in [9.17, 15) is 0 Å². The van der Waals surface area contributed by atoms with Crippen LogP contribution in [-0.4, -0.2) is 12.6 Å². The summed E-state index contributed by atoms with van der Waals surface area (Å²) in [5, 5.41) is 3.63. The Morgan fingerprint density at radius 3 is 2.00 bits per heavy atom. The molecule has 1 nitrogen and oxygen atoms in total. The average molecular weight is 282 g/mol. The summed E-state index contributed by atoms with van der Waals surface area (Å²) in [4.78, 5) is 0. The SMILES string of the molecule is CCCCCCC=CCCCCC(C)NCCCCC. The van der Waals surface area contributed by atoms with E-state index in [0.29, 0.717) is 6.04 Å². The Balaban J connectivity index is 3.19. The lowest BCUT2D eigenvalue weighted by Crippen LogP contribution is -2.26. The van der Waals surface area contributed by atoms with Crippen molar-refractivity contribution in [2.75, 3.05) is 6.54 Å². The highest BCUT2D eigenvalue weighted by Gasteiger charge is 1.99. The number of rotatable bonds is 15. The first-order valence-corrected chi connectivity index (χ1v) is 9.19. The van der Waals surface area contributed by atoms with Crippen LogP contribution in [0.15, 0.2) is 12.2 Å². The minimum Gasteiger partial charge on any atom is -0.314 e. The molecule has 1 heteroatoms. The second-order valence-corrected chi connectivity index (χ2v) is 6.17. The van der Waals surface area contributed by atoms with Crippen LogP contribution < -0.4 is 5.32 Å². The molecule has 0 fully saturated rings. The van der Waals surface area contributed by atoms with Gasteiger partial charge in [0.15, 0.2) is 0 Å². The fraction of sp³-hybridized carbons (Fsp3) is 0.895. The summed E-state index contributed by atoms with van der Waals surface area (Å²) in [5.41, 5.74) is 0. The van der Waals surface area contributed by atoms with Crippen LogP contribution in [0.4, 0.5) is 0 Å². The molecule has 0 heterocycles. The van der Waals surface area contributed by atoms with Gasteiger partial charge in [-0.1, -0.05) is 64.5 Å². The molecule has 0 saturated carbocycles. The first-order chi connectivity index (χ1) is 9.81. The Morgan fingerprint density at radius 2 is 1.35 bits per heavy atom. The Bertz CT molecular complexity index is 198. The van der Waals surface area contributed by atoms with Crippen LogP contribution in [0.3, 0.4) is 0 Å². The molecule has 0 saturated heterocycles. The summed E-state index contributed by atoms with van der Waals surface area (Å²) in [6, 6.07) is 0.699. The van der Waals surface area contributed by atoms with E-state index in [4.69, 9.17) is 0 Å². The molecule has 0 aromatic carbocycles. The van der Waals surface area contributed by atoms with E-state index < -0.39 is 0 Å². The Morgan fingerprint density at radius 1 is 0.750 bits per heavy atom. The zero-order valence-corrected chi connectivity index (χ0v) is 14.4. The summed E-state index contributed by atoms with van der Waals surface area (Å²) in [6.45, 7) is 8.07. The van der Waals surface area contributed by atoms with Crippen molar-refractivity contribution >= 4 is 0 Å². The number of hydrogen-bond acceptors (Lipinski definition) is 1. The third-order valence-electron chi connectivity index (χ3n) is 3.92. The van der Waals surface area contributed by atoms with Crippen molar-refractivity contribution in [3.8, 4) is 0 Å². The van der Waals surface area contributed by atoms with E-state index in [1.807, 2.05) is 0 Å². The van der Waals surface area contributed by atoms with Crippen LogP contribution in [0.25, 0.3) is 0 Å². The highest BCUT2D eigenvalue weighted by molar-refractivity contribution is 4.81. The number of hydrogen-bond donors (Lipinski definition) is 1. The summed E-state index contributed by atoms with van der Waals surface area (Å²) in [5.74, 6) is 0. The Hall–Kier alpha value is -0.300. The van der Waals surface area contributed by atoms with E-state index in [-0.39, 0.29) is 0 Å². The quantitative estimate of drug-likeness (QED) is 0.277. The fourth-order valence-corrected chi connectivity index (χ4v) is 2.46. The lowest BCUT2D eigenvalue weighted by molar-refractivity contribution is 0.479. The van der Waals surface area contributed by atoms with Gasteiger partial charge >= 0.3 is 0 Å². The smallest absolute Gasteiger partial charge is 0.00387 e. The minimum atomic E-state index is 0.699. The maximum absolute atomic E-state index is 3.63. The van der Waals surface area contributed by atoms with Crippen LogP contribution >= 0.6 is 0 Å². The van der Waals surface area contributed by atoms with Crippen molar-refractivity contribution in [1.82, 2.24) is 5.32 Å². The number of nitrogens with one attached hydrogen (secondary N) is 1. The zero-order valence-electron chi connectivity index (χ0n) is 14.4. The largest absolute Gasteiger partial charge is 0.314 e. The molecule has 120 valence electrons.